The Hall–Kier alpha value is -2.98. The number of hydrogen-bond acceptors (Lipinski definition) is 7. The van der Waals surface area contributed by atoms with Gasteiger partial charge in [0.1, 0.15) is 4.32 Å². The molecule has 0 radical (unpaired) electrons. The van der Waals surface area contributed by atoms with Gasteiger partial charge in [-0.25, -0.2) is 0 Å². The number of para-hydroxylation sites is 1. The molecule has 9 heteroatoms. The van der Waals surface area contributed by atoms with Crippen LogP contribution in [0.1, 0.15) is 11.1 Å². The fourth-order valence-corrected chi connectivity index (χ4v) is 6.31. The smallest absolute Gasteiger partial charge is 0.266 e. The lowest BCUT2D eigenvalue weighted by atomic mass is 10.1. The first-order chi connectivity index (χ1) is 18.0. The summed E-state index contributed by atoms with van der Waals surface area (Å²) in [7, 11) is 1.77. The van der Waals surface area contributed by atoms with Crippen LogP contribution < -0.4 is 10.5 Å². The van der Waals surface area contributed by atoms with Crippen LogP contribution in [0.15, 0.2) is 64.3 Å². The zero-order valence-corrected chi connectivity index (χ0v) is 22.4. The number of carbonyl (C=O) groups is 1. The third kappa shape index (κ3) is 5.22. The number of benzene rings is 2. The summed E-state index contributed by atoms with van der Waals surface area (Å²) >= 11 is 6.83. The van der Waals surface area contributed by atoms with Gasteiger partial charge in [0.05, 0.1) is 28.3 Å². The molecule has 7 nitrogen and oxygen atoms in total. The van der Waals surface area contributed by atoms with Crippen molar-refractivity contribution in [2.24, 2.45) is 7.05 Å². The lowest BCUT2D eigenvalue weighted by molar-refractivity contribution is -0.122. The van der Waals surface area contributed by atoms with Crippen molar-refractivity contribution in [1.29, 1.82) is 0 Å². The van der Waals surface area contributed by atoms with E-state index in [-0.39, 0.29) is 18.1 Å². The van der Waals surface area contributed by atoms with Crippen LogP contribution in [0.25, 0.3) is 17.0 Å². The van der Waals surface area contributed by atoms with Crippen LogP contribution in [0.5, 0.6) is 0 Å². The minimum atomic E-state index is -0.153. The fourth-order valence-electron chi connectivity index (χ4n) is 5.02. The molecule has 2 aromatic carbocycles. The lowest BCUT2D eigenvalue weighted by Crippen LogP contribution is -2.48. The van der Waals surface area contributed by atoms with Gasteiger partial charge in [-0.1, -0.05) is 72.5 Å². The van der Waals surface area contributed by atoms with Crippen molar-refractivity contribution in [3.8, 4) is 0 Å². The van der Waals surface area contributed by atoms with Crippen LogP contribution in [0.2, 0.25) is 0 Å². The van der Waals surface area contributed by atoms with Crippen LogP contribution in [-0.2, 0) is 18.3 Å². The van der Waals surface area contributed by atoms with Crippen LogP contribution in [0.4, 0.5) is 5.69 Å². The molecule has 0 atom stereocenters. The van der Waals surface area contributed by atoms with E-state index in [2.05, 4.69) is 9.80 Å². The molecule has 0 unspecified atom stereocenters. The first kappa shape index (κ1) is 25.7. The Morgan fingerprint density at radius 3 is 2.41 bits per heavy atom. The zero-order valence-electron chi connectivity index (χ0n) is 20.8. The second-order valence-corrected chi connectivity index (χ2v) is 10.9. The van der Waals surface area contributed by atoms with Gasteiger partial charge in [-0.3, -0.25) is 19.4 Å². The Morgan fingerprint density at radius 1 is 0.973 bits per heavy atom. The molecule has 1 aromatic heterocycles. The highest BCUT2D eigenvalue weighted by Gasteiger charge is 2.33. The number of pyridine rings is 1. The Morgan fingerprint density at radius 2 is 1.68 bits per heavy atom. The Labute approximate surface area is 226 Å². The van der Waals surface area contributed by atoms with Crippen molar-refractivity contribution in [3.63, 3.8) is 0 Å². The van der Waals surface area contributed by atoms with Crippen molar-refractivity contribution >= 4 is 56.9 Å². The van der Waals surface area contributed by atoms with Gasteiger partial charge in [-0.15, -0.1) is 0 Å². The maximum atomic E-state index is 13.7. The summed E-state index contributed by atoms with van der Waals surface area (Å²) < 4.78 is 2.17. The van der Waals surface area contributed by atoms with E-state index >= 15 is 0 Å². The highest BCUT2D eigenvalue weighted by atomic mass is 32.2. The molecule has 0 saturated carbocycles. The zero-order chi connectivity index (χ0) is 25.9. The number of thioether (sulfide) groups is 1. The van der Waals surface area contributed by atoms with Crippen LogP contribution in [0.3, 0.4) is 0 Å². The molecule has 5 rings (SSSR count). The molecule has 37 heavy (non-hydrogen) atoms. The van der Waals surface area contributed by atoms with Crippen molar-refractivity contribution in [1.82, 2.24) is 14.4 Å². The van der Waals surface area contributed by atoms with Gasteiger partial charge in [0.2, 0.25) is 0 Å². The number of rotatable bonds is 7. The number of carbonyl (C=O) groups excluding carboxylic acids is 1. The number of aromatic nitrogens is 1. The average molecular weight is 535 g/mol. The second kappa shape index (κ2) is 11.2. The average Bonchev–Trinajstić information content (AvgIpc) is 3.19. The highest BCUT2D eigenvalue weighted by Crippen LogP contribution is 2.36. The lowest BCUT2D eigenvalue weighted by Gasteiger charge is -2.37. The number of aryl methyl sites for hydroxylation is 1. The van der Waals surface area contributed by atoms with Gasteiger partial charge >= 0.3 is 0 Å². The third-order valence-corrected chi connectivity index (χ3v) is 8.41. The van der Waals surface area contributed by atoms with Gasteiger partial charge in [-0.05, 0) is 24.1 Å². The number of nitrogens with zero attached hydrogens (tertiary/aromatic N) is 4. The van der Waals surface area contributed by atoms with E-state index in [1.165, 1.54) is 11.8 Å². The van der Waals surface area contributed by atoms with Crippen LogP contribution >= 0.6 is 24.0 Å². The summed E-state index contributed by atoms with van der Waals surface area (Å²) in [6, 6.07) is 17.9. The SMILES string of the molecule is Cn1c(=O)c(C=C2SC(=S)N(CCc3ccccc3)C2=O)c(N2CCN(CCO)CC2)c2ccccc21. The summed E-state index contributed by atoms with van der Waals surface area (Å²) in [6.07, 6.45) is 2.45. The summed E-state index contributed by atoms with van der Waals surface area (Å²) in [5, 5.41) is 10.3. The number of hydrogen-bond donors (Lipinski definition) is 1. The Kier molecular flexibility index (Phi) is 7.76. The molecule has 0 bridgehead atoms. The highest BCUT2D eigenvalue weighted by molar-refractivity contribution is 8.26. The van der Waals surface area contributed by atoms with E-state index in [1.54, 1.807) is 22.6 Å². The molecular formula is C28H30N4O3S2. The predicted octanol–water partition coefficient (Wildman–Crippen LogP) is 3.10. The quantitative estimate of drug-likeness (QED) is 0.369. The molecule has 1 N–H and O–H groups in total. The van der Waals surface area contributed by atoms with Gasteiger partial charge in [0.25, 0.3) is 11.5 Å². The predicted molar refractivity (Wildman–Crippen MR) is 155 cm³/mol. The minimum absolute atomic E-state index is 0.131. The molecule has 0 spiro atoms. The molecule has 1 amide bonds. The fraction of sp³-hybridized carbons (Fsp3) is 0.321. The summed E-state index contributed by atoms with van der Waals surface area (Å²) in [5.41, 5.74) is 3.23. The summed E-state index contributed by atoms with van der Waals surface area (Å²) in [4.78, 5) is 33.6. The Balaban J connectivity index is 1.51. The first-order valence-electron chi connectivity index (χ1n) is 12.5. The molecule has 3 aromatic rings. The molecular weight excluding hydrogens is 504 g/mol. The number of β-amino-alcohol motifs (C(OH)–C–C–N with tert-alkyl or cyclic N) is 1. The molecule has 192 valence electrons. The number of aliphatic hydroxyl groups is 1. The summed E-state index contributed by atoms with van der Waals surface area (Å²) in [6.45, 7) is 4.33. The molecule has 2 fully saturated rings. The molecule has 2 saturated heterocycles. The minimum Gasteiger partial charge on any atom is -0.395 e. The van der Waals surface area contributed by atoms with Crippen molar-refractivity contribution < 1.29 is 9.90 Å². The molecule has 3 heterocycles. The van der Waals surface area contributed by atoms with Gasteiger partial charge in [0, 0.05) is 51.7 Å². The normalized spacial score (nSPS) is 17.9. The standard InChI is InChI=1S/C28H30N4O3S2/c1-29-23-10-6-5-9-21(23)25(31-15-13-30(14-16-31)17-18-33)22(26(29)34)19-24-27(35)32(28(36)37-24)12-11-20-7-3-2-4-8-20/h2-10,19,33H,11-18H2,1H3. The largest absolute Gasteiger partial charge is 0.395 e. The topological polar surface area (TPSA) is 69.0 Å². The number of anilines is 1. The second-order valence-electron chi connectivity index (χ2n) is 9.26. The number of fused-ring (bicyclic) bond motifs is 1. The van der Waals surface area contributed by atoms with E-state index in [1.807, 2.05) is 54.6 Å². The monoisotopic (exact) mass is 534 g/mol. The van der Waals surface area contributed by atoms with Crippen LogP contribution in [0, 0.1) is 0 Å². The Bertz CT molecular complexity index is 1410. The first-order valence-corrected chi connectivity index (χ1v) is 13.7. The van der Waals surface area contributed by atoms with E-state index in [0.29, 0.717) is 34.3 Å². The maximum Gasteiger partial charge on any atom is 0.266 e. The third-order valence-electron chi connectivity index (χ3n) is 7.03. The molecule has 2 aliphatic rings. The van der Waals surface area contributed by atoms with Crippen molar-refractivity contribution in [3.05, 3.63) is 81.0 Å². The molecule has 2 aliphatic heterocycles. The number of thiocarbonyl (C=S) groups is 1. The van der Waals surface area contributed by atoms with Gasteiger partial charge in [-0.2, -0.15) is 0 Å². The maximum absolute atomic E-state index is 13.7. The van der Waals surface area contributed by atoms with E-state index in [0.717, 1.165) is 48.3 Å². The number of amides is 1. The van der Waals surface area contributed by atoms with Crippen molar-refractivity contribution in [2.45, 2.75) is 6.42 Å². The summed E-state index contributed by atoms with van der Waals surface area (Å²) in [5.74, 6) is -0.153. The molecule has 0 aliphatic carbocycles. The number of piperazine rings is 1. The number of aliphatic hydroxyl groups excluding tert-OH is 1. The van der Waals surface area contributed by atoms with Gasteiger partial charge < -0.3 is 14.6 Å². The van der Waals surface area contributed by atoms with E-state index < -0.39 is 0 Å². The van der Waals surface area contributed by atoms with Crippen LogP contribution in [-0.4, -0.2) is 75.6 Å². The van der Waals surface area contributed by atoms with Crippen molar-refractivity contribution in [2.75, 3.05) is 50.8 Å². The van der Waals surface area contributed by atoms with E-state index in [9.17, 15) is 14.7 Å². The van der Waals surface area contributed by atoms with E-state index in [4.69, 9.17) is 12.2 Å². The van der Waals surface area contributed by atoms with Gasteiger partial charge in [0.15, 0.2) is 0 Å².